The van der Waals surface area contributed by atoms with Crippen molar-refractivity contribution in [2.75, 3.05) is 31.7 Å². The van der Waals surface area contributed by atoms with E-state index < -0.39 is 5.91 Å². The maximum absolute atomic E-state index is 10.8. The second-order valence-corrected chi connectivity index (χ2v) is 3.74. The molecule has 1 fully saturated rings. The summed E-state index contributed by atoms with van der Waals surface area (Å²) in [4.78, 5) is 14.9. The van der Waals surface area contributed by atoms with E-state index in [1.807, 2.05) is 0 Å². The fourth-order valence-electron chi connectivity index (χ4n) is 1.52. The van der Waals surface area contributed by atoms with Gasteiger partial charge < -0.3 is 20.5 Å². The van der Waals surface area contributed by atoms with Gasteiger partial charge in [0.25, 0.3) is 0 Å². The summed E-state index contributed by atoms with van der Waals surface area (Å²) >= 11 is 0. The highest BCUT2D eigenvalue weighted by atomic mass is 16.6. The molecular weight excluding hydrogens is 222 g/mol. The Balaban J connectivity index is 1.84. The molecule has 0 radical (unpaired) electrons. The lowest BCUT2D eigenvalue weighted by Gasteiger charge is -2.23. The molecule has 2 rings (SSSR count). The van der Waals surface area contributed by atoms with Crippen LogP contribution in [0.25, 0.3) is 0 Å². The first kappa shape index (κ1) is 11.8. The second kappa shape index (κ2) is 5.60. The Labute approximate surface area is 99.1 Å². The number of carbonyl (C=O) groups is 1. The van der Waals surface area contributed by atoms with Crippen molar-refractivity contribution >= 4 is 11.7 Å². The van der Waals surface area contributed by atoms with Gasteiger partial charge in [-0.15, -0.1) is 0 Å². The van der Waals surface area contributed by atoms with Crippen LogP contribution in [-0.4, -0.2) is 43.4 Å². The monoisotopic (exact) mass is 237 g/mol. The molecule has 3 N–H and O–H groups in total. The van der Waals surface area contributed by atoms with Gasteiger partial charge in [-0.25, -0.2) is 4.98 Å². The minimum absolute atomic E-state index is 0.0429. The van der Waals surface area contributed by atoms with Crippen LogP contribution >= 0.6 is 0 Å². The Kier molecular flexibility index (Phi) is 3.89. The number of amides is 1. The van der Waals surface area contributed by atoms with Gasteiger partial charge in [-0.2, -0.15) is 0 Å². The zero-order valence-electron chi connectivity index (χ0n) is 9.39. The van der Waals surface area contributed by atoms with Crippen LogP contribution in [0.3, 0.4) is 0 Å². The van der Waals surface area contributed by atoms with Crippen molar-refractivity contribution in [3.8, 4) is 0 Å². The zero-order chi connectivity index (χ0) is 12.1. The summed E-state index contributed by atoms with van der Waals surface area (Å²) in [7, 11) is 0. The number of ether oxygens (including phenoxy) is 2. The van der Waals surface area contributed by atoms with Gasteiger partial charge >= 0.3 is 0 Å². The van der Waals surface area contributed by atoms with Crippen molar-refractivity contribution < 1.29 is 14.3 Å². The van der Waals surface area contributed by atoms with E-state index >= 15 is 0 Å². The number of anilines is 1. The van der Waals surface area contributed by atoms with Crippen molar-refractivity contribution in [2.24, 2.45) is 5.73 Å². The molecule has 6 nitrogen and oxygen atoms in total. The Morgan fingerprint density at radius 2 is 2.41 bits per heavy atom. The molecule has 92 valence electrons. The van der Waals surface area contributed by atoms with E-state index in [1.54, 1.807) is 12.1 Å². The summed E-state index contributed by atoms with van der Waals surface area (Å²) in [6.45, 7) is 2.50. The fraction of sp³-hybridized carbons (Fsp3) is 0.455. The van der Waals surface area contributed by atoms with Crippen LogP contribution < -0.4 is 11.1 Å². The average Bonchev–Trinajstić information content (AvgIpc) is 2.38. The number of primary amides is 1. The van der Waals surface area contributed by atoms with Gasteiger partial charge in [0, 0.05) is 12.7 Å². The van der Waals surface area contributed by atoms with Crippen molar-refractivity contribution in [2.45, 2.75) is 6.10 Å². The van der Waals surface area contributed by atoms with E-state index in [1.165, 1.54) is 6.20 Å². The van der Waals surface area contributed by atoms with E-state index in [2.05, 4.69) is 10.3 Å². The van der Waals surface area contributed by atoms with Gasteiger partial charge in [-0.1, -0.05) is 0 Å². The molecule has 0 saturated carbocycles. The highest BCUT2D eigenvalue weighted by Crippen LogP contribution is 2.06. The minimum Gasteiger partial charge on any atom is -0.376 e. The van der Waals surface area contributed by atoms with Gasteiger partial charge in [-0.3, -0.25) is 4.79 Å². The molecule has 0 aromatic carbocycles. The van der Waals surface area contributed by atoms with Crippen LogP contribution in [0.15, 0.2) is 18.3 Å². The number of aromatic nitrogens is 1. The number of nitrogens with two attached hydrogens (primary N) is 1. The van der Waals surface area contributed by atoms with Crippen LogP contribution in [0.2, 0.25) is 0 Å². The van der Waals surface area contributed by atoms with Crippen molar-refractivity contribution in [3.05, 3.63) is 23.9 Å². The number of nitrogens with zero attached hydrogens (tertiary/aromatic N) is 1. The smallest absolute Gasteiger partial charge is 0.250 e. The van der Waals surface area contributed by atoms with E-state index in [4.69, 9.17) is 15.2 Å². The largest absolute Gasteiger partial charge is 0.376 e. The molecule has 1 aliphatic rings. The third-order valence-electron chi connectivity index (χ3n) is 2.44. The van der Waals surface area contributed by atoms with Gasteiger partial charge in [0.15, 0.2) is 0 Å². The van der Waals surface area contributed by atoms with E-state index in [0.29, 0.717) is 37.7 Å². The number of nitrogens with one attached hydrogen (secondary N) is 1. The summed E-state index contributed by atoms with van der Waals surface area (Å²) in [5.74, 6) is 0.206. The standard InChI is InChI=1S/C11H15N3O3/c12-11(15)8-1-2-10(13-5-8)14-6-9-7-16-3-4-17-9/h1-2,5,9H,3-4,6-7H2,(H2,12,15)(H,13,14). The summed E-state index contributed by atoms with van der Waals surface area (Å²) in [5.41, 5.74) is 5.51. The Morgan fingerprint density at radius 1 is 1.53 bits per heavy atom. The Morgan fingerprint density at radius 3 is 3.00 bits per heavy atom. The molecule has 0 spiro atoms. The quantitative estimate of drug-likeness (QED) is 0.770. The number of rotatable bonds is 4. The summed E-state index contributed by atoms with van der Waals surface area (Å²) in [6, 6.07) is 3.35. The topological polar surface area (TPSA) is 86.5 Å². The first-order chi connectivity index (χ1) is 8.25. The predicted molar refractivity (Wildman–Crippen MR) is 61.8 cm³/mol. The van der Waals surface area contributed by atoms with Crippen LogP contribution in [0.1, 0.15) is 10.4 Å². The molecule has 1 atom stereocenters. The van der Waals surface area contributed by atoms with Gasteiger partial charge in [-0.05, 0) is 12.1 Å². The van der Waals surface area contributed by atoms with E-state index in [0.717, 1.165) is 0 Å². The highest BCUT2D eigenvalue weighted by molar-refractivity contribution is 5.92. The SMILES string of the molecule is NC(=O)c1ccc(NCC2COCCO2)nc1. The summed E-state index contributed by atoms with van der Waals surface area (Å²) in [5, 5.41) is 3.11. The summed E-state index contributed by atoms with van der Waals surface area (Å²) < 4.78 is 10.7. The van der Waals surface area contributed by atoms with E-state index in [-0.39, 0.29) is 6.10 Å². The van der Waals surface area contributed by atoms with Crippen LogP contribution in [0.5, 0.6) is 0 Å². The lowest BCUT2D eigenvalue weighted by Crippen LogP contribution is -2.34. The maximum Gasteiger partial charge on any atom is 0.250 e. The molecule has 1 unspecified atom stereocenters. The molecule has 0 aliphatic carbocycles. The molecular formula is C11H15N3O3. The second-order valence-electron chi connectivity index (χ2n) is 3.74. The maximum atomic E-state index is 10.8. The third kappa shape index (κ3) is 3.40. The highest BCUT2D eigenvalue weighted by Gasteiger charge is 2.13. The molecule has 1 aromatic heterocycles. The van der Waals surface area contributed by atoms with Crippen LogP contribution in [0, 0.1) is 0 Å². The minimum atomic E-state index is -0.479. The molecule has 0 bridgehead atoms. The van der Waals surface area contributed by atoms with Gasteiger partial charge in [0.2, 0.25) is 5.91 Å². The van der Waals surface area contributed by atoms with Crippen molar-refractivity contribution in [1.29, 1.82) is 0 Å². The Hall–Kier alpha value is -1.66. The first-order valence-electron chi connectivity index (χ1n) is 5.45. The third-order valence-corrected chi connectivity index (χ3v) is 2.44. The van der Waals surface area contributed by atoms with Crippen LogP contribution in [-0.2, 0) is 9.47 Å². The van der Waals surface area contributed by atoms with Crippen molar-refractivity contribution in [1.82, 2.24) is 4.98 Å². The first-order valence-corrected chi connectivity index (χ1v) is 5.45. The van der Waals surface area contributed by atoms with Crippen molar-refractivity contribution in [3.63, 3.8) is 0 Å². The molecule has 17 heavy (non-hydrogen) atoms. The molecule has 1 aliphatic heterocycles. The van der Waals surface area contributed by atoms with E-state index in [9.17, 15) is 4.79 Å². The number of carbonyl (C=O) groups excluding carboxylic acids is 1. The van der Waals surface area contributed by atoms with Crippen LogP contribution in [0.4, 0.5) is 5.82 Å². The molecule has 1 amide bonds. The van der Waals surface area contributed by atoms with Gasteiger partial charge in [0.1, 0.15) is 5.82 Å². The normalized spacial score (nSPS) is 19.9. The molecule has 1 saturated heterocycles. The molecule has 6 heteroatoms. The van der Waals surface area contributed by atoms with Gasteiger partial charge in [0.05, 0.1) is 31.5 Å². The zero-order valence-corrected chi connectivity index (χ0v) is 9.39. The predicted octanol–water partition coefficient (Wildman–Crippen LogP) is 0.00780. The molecule has 1 aromatic rings. The Bertz CT molecular complexity index is 374. The number of hydrogen-bond donors (Lipinski definition) is 2. The number of hydrogen-bond acceptors (Lipinski definition) is 5. The summed E-state index contributed by atoms with van der Waals surface area (Å²) in [6.07, 6.45) is 1.49. The average molecular weight is 237 g/mol. The number of pyridine rings is 1. The lowest BCUT2D eigenvalue weighted by molar-refractivity contribution is -0.0819. The lowest BCUT2D eigenvalue weighted by atomic mass is 10.2. The fourth-order valence-corrected chi connectivity index (χ4v) is 1.52. The molecule has 2 heterocycles.